The summed E-state index contributed by atoms with van der Waals surface area (Å²) < 4.78 is 5.76. The molecule has 0 spiro atoms. The highest BCUT2D eigenvalue weighted by molar-refractivity contribution is 6.03. The van der Waals surface area contributed by atoms with E-state index in [0.717, 1.165) is 19.6 Å². The normalized spacial score (nSPS) is 17.7. The van der Waals surface area contributed by atoms with Crippen LogP contribution in [0, 0.1) is 0 Å². The first kappa shape index (κ1) is 18.3. The molecule has 136 valence electrons. The van der Waals surface area contributed by atoms with Gasteiger partial charge in [-0.15, -0.1) is 0 Å². The van der Waals surface area contributed by atoms with Crippen LogP contribution in [-0.2, 0) is 16.1 Å². The number of amides is 1. The number of carbonyl (C=O) groups excluding carboxylic acids is 2. The molecule has 5 heteroatoms. The van der Waals surface area contributed by atoms with Crippen LogP contribution in [0.2, 0.25) is 0 Å². The number of anilines is 1. The van der Waals surface area contributed by atoms with Gasteiger partial charge in [-0.05, 0) is 24.6 Å². The second-order valence-electron chi connectivity index (χ2n) is 6.57. The summed E-state index contributed by atoms with van der Waals surface area (Å²) in [6, 6.07) is 17.4. The van der Waals surface area contributed by atoms with Gasteiger partial charge in [-0.1, -0.05) is 42.5 Å². The lowest BCUT2D eigenvalue weighted by atomic mass is 10.1. The molecule has 1 aliphatic heterocycles. The van der Waals surface area contributed by atoms with Gasteiger partial charge in [0.15, 0.2) is 5.78 Å². The SMILES string of the molecule is CC(=O)c1ccccc1NC(=O)CC1CN(Cc2ccccc2)CCO1. The van der Waals surface area contributed by atoms with Crippen molar-refractivity contribution >= 4 is 17.4 Å². The molecule has 2 aromatic rings. The fourth-order valence-corrected chi connectivity index (χ4v) is 3.20. The zero-order valence-corrected chi connectivity index (χ0v) is 15.0. The Morgan fingerprint density at radius 3 is 2.62 bits per heavy atom. The molecule has 2 aromatic carbocycles. The number of ether oxygens (including phenoxy) is 1. The maximum atomic E-state index is 12.4. The lowest BCUT2D eigenvalue weighted by molar-refractivity contribution is -0.121. The third-order valence-corrected chi connectivity index (χ3v) is 4.47. The summed E-state index contributed by atoms with van der Waals surface area (Å²) in [5.41, 5.74) is 2.34. The zero-order chi connectivity index (χ0) is 18.4. The van der Waals surface area contributed by atoms with Crippen molar-refractivity contribution in [3.8, 4) is 0 Å². The molecule has 0 aromatic heterocycles. The van der Waals surface area contributed by atoms with E-state index in [1.54, 1.807) is 24.3 Å². The minimum Gasteiger partial charge on any atom is -0.375 e. The quantitative estimate of drug-likeness (QED) is 0.812. The van der Waals surface area contributed by atoms with Gasteiger partial charge in [0.2, 0.25) is 5.91 Å². The average molecular weight is 352 g/mol. The molecule has 0 saturated carbocycles. The van der Waals surface area contributed by atoms with Gasteiger partial charge in [-0.3, -0.25) is 14.5 Å². The van der Waals surface area contributed by atoms with Crippen molar-refractivity contribution in [3.05, 3.63) is 65.7 Å². The molecule has 1 aliphatic rings. The molecule has 1 heterocycles. The van der Waals surface area contributed by atoms with Crippen LogP contribution in [0.4, 0.5) is 5.69 Å². The predicted octanol–water partition coefficient (Wildman–Crippen LogP) is 3.12. The lowest BCUT2D eigenvalue weighted by Gasteiger charge is -2.32. The minimum atomic E-state index is -0.142. The number of nitrogens with zero attached hydrogens (tertiary/aromatic N) is 1. The number of para-hydroxylation sites is 1. The molecule has 0 radical (unpaired) electrons. The molecular formula is C21H24N2O3. The van der Waals surface area contributed by atoms with Crippen molar-refractivity contribution in [2.75, 3.05) is 25.0 Å². The first-order valence-electron chi connectivity index (χ1n) is 8.89. The number of hydrogen-bond acceptors (Lipinski definition) is 4. The predicted molar refractivity (Wildman–Crippen MR) is 101 cm³/mol. The monoisotopic (exact) mass is 352 g/mol. The van der Waals surface area contributed by atoms with Crippen LogP contribution in [0.25, 0.3) is 0 Å². The van der Waals surface area contributed by atoms with E-state index in [1.807, 2.05) is 18.2 Å². The molecule has 3 rings (SSSR count). The highest BCUT2D eigenvalue weighted by Gasteiger charge is 2.23. The number of Topliss-reactive ketones (excluding diaryl/α,β-unsaturated/α-hetero) is 1. The van der Waals surface area contributed by atoms with E-state index >= 15 is 0 Å². The third-order valence-electron chi connectivity index (χ3n) is 4.47. The summed E-state index contributed by atoms with van der Waals surface area (Å²) in [5, 5.41) is 2.85. The van der Waals surface area contributed by atoms with Crippen molar-refractivity contribution in [1.82, 2.24) is 4.90 Å². The number of benzene rings is 2. The zero-order valence-electron chi connectivity index (χ0n) is 15.0. The Morgan fingerprint density at radius 1 is 1.12 bits per heavy atom. The molecule has 5 nitrogen and oxygen atoms in total. The van der Waals surface area contributed by atoms with Crippen LogP contribution >= 0.6 is 0 Å². The number of ketones is 1. The highest BCUT2D eigenvalue weighted by Crippen LogP contribution is 2.17. The van der Waals surface area contributed by atoms with Gasteiger partial charge in [-0.25, -0.2) is 0 Å². The summed E-state index contributed by atoms with van der Waals surface area (Å²) in [7, 11) is 0. The second-order valence-corrected chi connectivity index (χ2v) is 6.57. The Morgan fingerprint density at radius 2 is 1.85 bits per heavy atom. The van der Waals surface area contributed by atoms with Crippen molar-refractivity contribution < 1.29 is 14.3 Å². The van der Waals surface area contributed by atoms with Crippen molar-refractivity contribution in [3.63, 3.8) is 0 Å². The lowest BCUT2D eigenvalue weighted by Crippen LogP contribution is -2.43. The Balaban J connectivity index is 1.55. The molecule has 26 heavy (non-hydrogen) atoms. The number of rotatable bonds is 6. The van der Waals surface area contributed by atoms with Gasteiger partial charge in [0, 0.05) is 25.2 Å². The van der Waals surface area contributed by atoms with E-state index in [9.17, 15) is 9.59 Å². The van der Waals surface area contributed by atoms with Crippen LogP contribution in [-0.4, -0.2) is 42.4 Å². The molecule has 1 N–H and O–H groups in total. The molecule has 1 fully saturated rings. The highest BCUT2D eigenvalue weighted by atomic mass is 16.5. The number of nitrogens with one attached hydrogen (secondary N) is 1. The van der Waals surface area contributed by atoms with Gasteiger partial charge in [0.25, 0.3) is 0 Å². The number of hydrogen-bond donors (Lipinski definition) is 1. The van der Waals surface area contributed by atoms with Gasteiger partial charge in [0.1, 0.15) is 0 Å². The Hall–Kier alpha value is -2.50. The van der Waals surface area contributed by atoms with E-state index in [2.05, 4.69) is 22.3 Å². The van der Waals surface area contributed by atoms with Crippen molar-refractivity contribution in [2.24, 2.45) is 0 Å². The summed E-state index contributed by atoms with van der Waals surface area (Å²) in [6.45, 7) is 4.55. The van der Waals surface area contributed by atoms with Crippen LogP contribution in [0.15, 0.2) is 54.6 Å². The maximum Gasteiger partial charge on any atom is 0.227 e. The molecule has 1 amide bonds. The fraction of sp³-hybridized carbons (Fsp3) is 0.333. The average Bonchev–Trinajstić information content (AvgIpc) is 2.63. The van der Waals surface area contributed by atoms with Crippen molar-refractivity contribution in [1.29, 1.82) is 0 Å². The Kier molecular flexibility index (Phi) is 6.15. The first-order chi connectivity index (χ1) is 12.6. The molecule has 1 atom stereocenters. The minimum absolute atomic E-state index is 0.0659. The summed E-state index contributed by atoms with van der Waals surface area (Å²) in [5.74, 6) is -0.200. The first-order valence-corrected chi connectivity index (χ1v) is 8.89. The molecule has 1 unspecified atom stereocenters. The number of morpholine rings is 1. The van der Waals surface area contributed by atoms with Gasteiger partial charge < -0.3 is 10.1 Å². The fourth-order valence-electron chi connectivity index (χ4n) is 3.20. The van der Waals surface area contributed by atoms with Crippen LogP contribution in [0.1, 0.15) is 29.3 Å². The van der Waals surface area contributed by atoms with E-state index in [4.69, 9.17) is 4.74 Å². The molecule has 0 bridgehead atoms. The third kappa shape index (κ3) is 5.00. The Labute approximate surface area is 154 Å². The smallest absolute Gasteiger partial charge is 0.227 e. The summed E-state index contributed by atoms with van der Waals surface area (Å²) >= 11 is 0. The Bertz CT molecular complexity index is 761. The number of carbonyl (C=O) groups is 2. The molecular weight excluding hydrogens is 328 g/mol. The summed E-state index contributed by atoms with van der Waals surface area (Å²) in [6.07, 6.45) is 0.134. The van der Waals surface area contributed by atoms with Gasteiger partial charge in [-0.2, -0.15) is 0 Å². The van der Waals surface area contributed by atoms with Gasteiger partial charge >= 0.3 is 0 Å². The maximum absolute atomic E-state index is 12.4. The van der Waals surface area contributed by atoms with Crippen molar-refractivity contribution in [2.45, 2.75) is 26.0 Å². The molecule has 0 aliphatic carbocycles. The van der Waals surface area contributed by atoms with E-state index < -0.39 is 0 Å². The van der Waals surface area contributed by atoms with Crippen LogP contribution in [0.5, 0.6) is 0 Å². The topological polar surface area (TPSA) is 58.6 Å². The van der Waals surface area contributed by atoms with Crippen LogP contribution in [0.3, 0.4) is 0 Å². The second kappa shape index (κ2) is 8.74. The summed E-state index contributed by atoms with van der Waals surface area (Å²) in [4.78, 5) is 26.4. The van der Waals surface area contributed by atoms with Gasteiger partial charge in [0.05, 0.1) is 24.8 Å². The van der Waals surface area contributed by atoms with E-state index in [0.29, 0.717) is 17.9 Å². The molecule has 1 saturated heterocycles. The van der Waals surface area contributed by atoms with E-state index in [-0.39, 0.29) is 24.2 Å². The largest absolute Gasteiger partial charge is 0.375 e. The standard InChI is InChI=1S/C21H24N2O3/c1-16(24)19-9-5-6-10-20(19)22-21(25)13-18-15-23(11-12-26-18)14-17-7-3-2-4-8-17/h2-10,18H,11-15H2,1H3,(H,22,25). The van der Waals surface area contributed by atoms with E-state index in [1.165, 1.54) is 12.5 Å². The van der Waals surface area contributed by atoms with Crippen LogP contribution < -0.4 is 5.32 Å².